The van der Waals surface area contributed by atoms with Crippen LogP contribution in [0.25, 0.3) is 0 Å². The molecule has 1 aromatic heterocycles. The largest absolute Gasteiger partial charge is 0.310 e. The van der Waals surface area contributed by atoms with Crippen LogP contribution in [0.5, 0.6) is 0 Å². The molecule has 0 fully saturated rings. The Hall–Kier alpha value is -0.960. The summed E-state index contributed by atoms with van der Waals surface area (Å²) in [6.45, 7) is 11.9. The van der Waals surface area contributed by atoms with Gasteiger partial charge in [0.25, 0.3) is 0 Å². The zero-order valence-electron chi connectivity index (χ0n) is 11.4. The highest BCUT2D eigenvalue weighted by molar-refractivity contribution is 5.14. The van der Waals surface area contributed by atoms with Crippen molar-refractivity contribution < 1.29 is 4.39 Å². The van der Waals surface area contributed by atoms with Crippen molar-refractivity contribution in [3.05, 3.63) is 29.8 Å². The summed E-state index contributed by atoms with van der Waals surface area (Å²) in [5.41, 5.74) is 1.12. The van der Waals surface area contributed by atoms with Crippen LogP contribution < -0.4 is 5.32 Å². The van der Waals surface area contributed by atoms with Gasteiger partial charge >= 0.3 is 0 Å². The van der Waals surface area contributed by atoms with Gasteiger partial charge in [0.2, 0.25) is 0 Å². The van der Waals surface area contributed by atoms with Crippen LogP contribution >= 0.6 is 0 Å². The third kappa shape index (κ3) is 4.08. The third-order valence-electron chi connectivity index (χ3n) is 3.65. The van der Waals surface area contributed by atoms with Crippen molar-refractivity contribution in [2.75, 3.05) is 6.54 Å². The molecule has 1 rings (SSSR count). The highest BCUT2D eigenvalue weighted by atomic mass is 19.1. The Labute approximate surface area is 104 Å². The average Bonchev–Trinajstić information content (AvgIpc) is 2.25. The van der Waals surface area contributed by atoms with Crippen LogP contribution in [-0.4, -0.2) is 11.5 Å². The van der Waals surface area contributed by atoms with Gasteiger partial charge in [-0.15, -0.1) is 0 Å². The first-order chi connectivity index (χ1) is 7.83. The Morgan fingerprint density at radius 2 is 1.94 bits per heavy atom. The number of nitrogens with zero attached hydrogens (tertiary/aromatic N) is 1. The number of nitrogens with one attached hydrogen (secondary N) is 1. The van der Waals surface area contributed by atoms with E-state index in [1.54, 1.807) is 6.20 Å². The highest BCUT2D eigenvalue weighted by Crippen LogP contribution is 2.26. The first-order valence-corrected chi connectivity index (χ1v) is 6.17. The molecular formula is C14H23FN2. The minimum Gasteiger partial charge on any atom is -0.310 e. The maximum atomic E-state index is 13.0. The minimum absolute atomic E-state index is 0.122. The topological polar surface area (TPSA) is 24.9 Å². The molecule has 17 heavy (non-hydrogen) atoms. The zero-order chi connectivity index (χ0) is 13.1. The second-order valence-electron chi connectivity index (χ2n) is 5.68. The lowest BCUT2D eigenvalue weighted by Crippen LogP contribution is -2.34. The first-order valence-electron chi connectivity index (χ1n) is 6.17. The van der Waals surface area contributed by atoms with E-state index in [0.717, 1.165) is 12.1 Å². The van der Waals surface area contributed by atoms with Gasteiger partial charge in [0, 0.05) is 18.8 Å². The van der Waals surface area contributed by atoms with Crippen molar-refractivity contribution in [1.82, 2.24) is 10.3 Å². The fourth-order valence-electron chi connectivity index (χ4n) is 1.40. The highest BCUT2D eigenvalue weighted by Gasteiger charge is 2.22. The van der Waals surface area contributed by atoms with Crippen LogP contribution in [0.1, 0.15) is 46.2 Å². The lowest BCUT2D eigenvalue weighted by molar-refractivity contribution is 0.230. The predicted octanol–water partition coefficient (Wildman–Crippen LogP) is 3.55. The smallest absolute Gasteiger partial charge is 0.141 e. The summed E-state index contributed by atoms with van der Waals surface area (Å²) < 4.78 is 13.0. The van der Waals surface area contributed by atoms with E-state index >= 15 is 0 Å². The number of hydrogen-bond donors (Lipinski definition) is 1. The van der Waals surface area contributed by atoms with E-state index in [2.05, 4.69) is 38.0 Å². The normalized spacial score (nSPS) is 14.1. The van der Waals surface area contributed by atoms with Crippen LogP contribution in [-0.2, 0) is 0 Å². The number of halogens is 1. The van der Waals surface area contributed by atoms with E-state index in [-0.39, 0.29) is 17.3 Å². The Morgan fingerprint density at radius 3 is 2.47 bits per heavy atom. The molecular weight excluding hydrogens is 215 g/mol. The van der Waals surface area contributed by atoms with Crippen LogP contribution in [0, 0.1) is 17.2 Å². The Morgan fingerprint density at radius 1 is 1.29 bits per heavy atom. The molecule has 1 heterocycles. The number of hydrogen-bond acceptors (Lipinski definition) is 2. The molecule has 1 aromatic rings. The zero-order valence-corrected chi connectivity index (χ0v) is 11.4. The van der Waals surface area contributed by atoms with Crippen molar-refractivity contribution >= 4 is 0 Å². The molecule has 0 amide bonds. The van der Waals surface area contributed by atoms with Gasteiger partial charge in [0.1, 0.15) is 5.82 Å². The Bertz CT molecular complexity index is 361. The molecule has 0 aromatic carbocycles. The molecule has 2 nitrogen and oxygen atoms in total. The second-order valence-corrected chi connectivity index (χ2v) is 5.68. The Balaban J connectivity index is 2.59. The molecule has 0 aliphatic heterocycles. The summed E-state index contributed by atoms with van der Waals surface area (Å²) >= 11 is 0. The van der Waals surface area contributed by atoms with E-state index < -0.39 is 0 Å². The number of aromatic nitrogens is 1. The molecule has 1 N–H and O–H groups in total. The van der Waals surface area contributed by atoms with Crippen LogP contribution in [0.3, 0.4) is 0 Å². The number of pyridine rings is 1. The molecule has 0 aliphatic rings. The fraction of sp³-hybridized carbons (Fsp3) is 0.643. The molecule has 3 heteroatoms. The summed E-state index contributed by atoms with van der Waals surface area (Å²) in [5, 5.41) is 3.44. The maximum absolute atomic E-state index is 13.0. The third-order valence-corrected chi connectivity index (χ3v) is 3.65. The van der Waals surface area contributed by atoms with Crippen LogP contribution in [0.2, 0.25) is 0 Å². The van der Waals surface area contributed by atoms with Gasteiger partial charge in [-0.1, -0.05) is 27.7 Å². The molecule has 1 atom stereocenters. The molecule has 0 bridgehead atoms. The van der Waals surface area contributed by atoms with Crippen molar-refractivity contribution in [3.63, 3.8) is 0 Å². The Kier molecular flexibility index (Phi) is 4.63. The van der Waals surface area contributed by atoms with Crippen molar-refractivity contribution in [1.29, 1.82) is 0 Å². The van der Waals surface area contributed by atoms with Gasteiger partial charge < -0.3 is 5.32 Å². The molecule has 96 valence electrons. The van der Waals surface area contributed by atoms with Gasteiger partial charge in [0.05, 0.1) is 6.20 Å². The maximum Gasteiger partial charge on any atom is 0.141 e. The summed E-state index contributed by atoms with van der Waals surface area (Å²) in [5.74, 6) is 0.326. The van der Waals surface area contributed by atoms with Gasteiger partial charge in [-0.25, -0.2) is 4.39 Å². The fourth-order valence-corrected chi connectivity index (χ4v) is 1.40. The molecule has 0 saturated carbocycles. The van der Waals surface area contributed by atoms with Gasteiger partial charge in [-0.3, -0.25) is 4.98 Å². The van der Waals surface area contributed by atoms with Gasteiger partial charge in [0.15, 0.2) is 0 Å². The second kappa shape index (κ2) is 5.58. The monoisotopic (exact) mass is 238 g/mol. The SMILES string of the molecule is CC(NCC(C)(C)C(C)C)c1cncc(F)c1. The van der Waals surface area contributed by atoms with E-state index in [9.17, 15) is 4.39 Å². The van der Waals surface area contributed by atoms with Crippen molar-refractivity contribution in [3.8, 4) is 0 Å². The standard InChI is InChI=1S/C14H23FN2/c1-10(2)14(4,5)9-17-11(3)12-6-13(15)8-16-7-12/h6-8,10-11,17H,9H2,1-5H3. The number of rotatable bonds is 5. The lowest BCUT2D eigenvalue weighted by Gasteiger charge is -2.31. The molecule has 0 aliphatic carbocycles. The summed E-state index contributed by atoms with van der Waals surface area (Å²) in [4.78, 5) is 3.87. The average molecular weight is 238 g/mol. The molecule has 1 unspecified atom stereocenters. The quantitative estimate of drug-likeness (QED) is 0.848. The van der Waals surface area contributed by atoms with Crippen LogP contribution in [0.4, 0.5) is 4.39 Å². The molecule has 0 saturated heterocycles. The summed E-state index contributed by atoms with van der Waals surface area (Å²) in [6.07, 6.45) is 2.94. The van der Waals surface area contributed by atoms with E-state index in [1.807, 2.05) is 6.92 Å². The van der Waals surface area contributed by atoms with Crippen molar-refractivity contribution in [2.45, 2.75) is 40.7 Å². The van der Waals surface area contributed by atoms with Gasteiger partial charge in [-0.05, 0) is 29.9 Å². The first kappa shape index (κ1) is 14.1. The van der Waals surface area contributed by atoms with Crippen LogP contribution in [0.15, 0.2) is 18.5 Å². The predicted molar refractivity (Wildman–Crippen MR) is 69.2 cm³/mol. The summed E-state index contributed by atoms with van der Waals surface area (Å²) in [6, 6.07) is 1.66. The van der Waals surface area contributed by atoms with E-state index in [4.69, 9.17) is 0 Å². The lowest BCUT2D eigenvalue weighted by atomic mass is 9.81. The van der Waals surface area contributed by atoms with Crippen molar-refractivity contribution in [2.24, 2.45) is 11.3 Å². The molecule has 0 spiro atoms. The van der Waals surface area contributed by atoms with E-state index in [0.29, 0.717) is 5.92 Å². The molecule has 0 radical (unpaired) electrons. The minimum atomic E-state index is -0.278. The summed E-state index contributed by atoms with van der Waals surface area (Å²) in [7, 11) is 0. The van der Waals surface area contributed by atoms with E-state index in [1.165, 1.54) is 12.3 Å². The van der Waals surface area contributed by atoms with Gasteiger partial charge in [-0.2, -0.15) is 0 Å².